The van der Waals surface area contributed by atoms with E-state index in [1.54, 1.807) is 4.52 Å². The molecule has 18 heavy (non-hydrogen) atoms. The van der Waals surface area contributed by atoms with Gasteiger partial charge in [0.1, 0.15) is 0 Å². The molecule has 0 spiro atoms. The van der Waals surface area contributed by atoms with Crippen LogP contribution in [0.2, 0.25) is 0 Å². The highest BCUT2D eigenvalue weighted by molar-refractivity contribution is 9.10. The minimum absolute atomic E-state index is 0.517. The highest BCUT2D eigenvalue weighted by atomic mass is 79.9. The van der Waals surface area contributed by atoms with Crippen LogP contribution >= 0.6 is 15.9 Å². The van der Waals surface area contributed by atoms with Gasteiger partial charge in [0.2, 0.25) is 5.95 Å². The molecular formula is C13H17BrN4. The van der Waals surface area contributed by atoms with Gasteiger partial charge in [-0.1, -0.05) is 13.3 Å². The Balaban J connectivity index is 1.73. The molecule has 0 unspecified atom stereocenters. The Morgan fingerprint density at radius 1 is 1.50 bits per heavy atom. The number of hydrogen-bond donors (Lipinski definition) is 1. The largest absolute Gasteiger partial charge is 0.352 e. The van der Waals surface area contributed by atoms with Crippen LogP contribution in [0.4, 0.5) is 5.95 Å². The van der Waals surface area contributed by atoms with Crippen LogP contribution in [-0.4, -0.2) is 21.1 Å². The lowest BCUT2D eigenvalue weighted by molar-refractivity contribution is 0.484. The fourth-order valence-electron chi connectivity index (χ4n) is 2.44. The van der Waals surface area contributed by atoms with Gasteiger partial charge in [0.25, 0.3) is 0 Å². The number of rotatable bonds is 5. The van der Waals surface area contributed by atoms with Gasteiger partial charge in [0.05, 0.1) is 4.47 Å². The first-order valence-electron chi connectivity index (χ1n) is 6.47. The quantitative estimate of drug-likeness (QED) is 0.919. The molecule has 2 aromatic rings. The van der Waals surface area contributed by atoms with E-state index >= 15 is 0 Å². The van der Waals surface area contributed by atoms with Crippen molar-refractivity contribution in [1.82, 2.24) is 14.6 Å². The van der Waals surface area contributed by atoms with Gasteiger partial charge in [0.15, 0.2) is 5.65 Å². The summed E-state index contributed by atoms with van der Waals surface area (Å²) in [4.78, 5) is 4.50. The third kappa shape index (κ3) is 2.23. The number of halogens is 1. The summed E-state index contributed by atoms with van der Waals surface area (Å²) < 4.78 is 2.77. The molecule has 2 aromatic heterocycles. The zero-order valence-electron chi connectivity index (χ0n) is 10.5. The van der Waals surface area contributed by atoms with E-state index in [0.29, 0.717) is 5.41 Å². The summed E-state index contributed by atoms with van der Waals surface area (Å²) in [5, 5.41) is 7.81. The van der Waals surface area contributed by atoms with Crippen molar-refractivity contribution >= 4 is 27.5 Å². The summed E-state index contributed by atoms with van der Waals surface area (Å²) in [5.41, 5.74) is 1.38. The first-order chi connectivity index (χ1) is 8.72. The zero-order valence-corrected chi connectivity index (χ0v) is 12.1. The molecule has 5 heteroatoms. The van der Waals surface area contributed by atoms with Crippen LogP contribution in [-0.2, 0) is 0 Å². The summed E-state index contributed by atoms with van der Waals surface area (Å²) >= 11 is 3.49. The van der Waals surface area contributed by atoms with Crippen molar-refractivity contribution in [2.75, 3.05) is 11.9 Å². The molecule has 96 valence electrons. The summed E-state index contributed by atoms with van der Waals surface area (Å²) in [6.07, 6.45) is 7.15. The summed E-state index contributed by atoms with van der Waals surface area (Å²) in [6, 6.07) is 3.93. The molecule has 1 aliphatic carbocycles. The summed E-state index contributed by atoms with van der Waals surface area (Å²) in [6.45, 7) is 3.25. The molecule has 1 aliphatic rings. The smallest absolute Gasteiger partial charge is 0.243 e. The van der Waals surface area contributed by atoms with Crippen molar-refractivity contribution in [1.29, 1.82) is 0 Å². The van der Waals surface area contributed by atoms with Gasteiger partial charge >= 0.3 is 0 Å². The fourth-order valence-corrected chi connectivity index (χ4v) is 2.86. The average Bonchev–Trinajstić information content (AvgIpc) is 2.98. The van der Waals surface area contributed by atoms with E-state index in [2.05, 4.69) is 38.3 Å². The van der Waals surface area contributed by atoms with Gasteiger partial charge in [0, 0.05) is 12.7 Å². The molecule has 3 rings (SSSR count). The predicted octanol–water partition coefficient (Wildman–Crippen LogP) is 3.48. The maximum Gasteiger partial charge on any atom is 0.243 e. The highest BCUT2D eigenvalue weighted by Gasteiger charge is 2.41. The number of nitrogens with one attached hydrogen (secondary N) is 1. The first kappa shape index (κ1) is 12.0. The highest BCUT2D eigenvalue weighted by Crippen LogP contribution is 2.49. The maximum atomic E-state index is 4.50. The van der Waals surface area contributed by atoms with Gasteiger partial charge in [-0.25, -0.2) is 4.52 Å². The second-order valence-corrected chi connectivity index (χ2v) is 6.02. The van der Waals surface area contributed by atoms with Crippen molar-refractivity contribution in [3.05, 3.63) is 22.8 Å². The second-order valence-electron chi connectivity index (χ2n) is 5.16. The van der Waals surface area contributed by atoms with Crippen LogP contribution in [0.15, 0.2) is 22.8 Å². The minimum Gasteiger partial charge on any atom is -0.352 e. The van der Waals surface area contributed by atoms with E-state index in [-0.39, 0.29) is 0 Å². The number of aromatic nitrogens is 3. The Bertz CT molecular complexity index is 559. The Hall–Kier alpha value is -1.10. The van der Waals surface area contributed by atoms with Crippen LogP contribution < -0.4 is 5.32 Å². The molecule has 1 fully saturated rings. The van der Waals surface area contributed by atoms with Crippen molar-refractivity contribution in [2.24, 2.45) is 5.41 Å². The SMILES string of the molecule is CCCC1(CNc2nc3c(Br)cccn3n2)CC1. The van der Waals surface area contributed by atoms with Crippen molar-refractivity contribution < 1.29 is 0 Å². The maximum absolute atomic E-state index is 4.50. The van der Waals surface area contributed by atoms with Gasteiger partial charge < -0.3 is 5.32 Å². The summed E-state index contributed by atoms with van der Waals surface area (Å²) in [7, 11) is 0. The van der Waals surface area contributed by atoms with E-state index < -0.39 is 0 Å². The van der Waals surface area contributed by atoms with E-state index in [1.165, 1.54) is 25.7 Å². The van der Waals surface area contributed by atoms with Crippen molar-refractivity contribution in [3.63, 3.8) is 0 Å². The van der Waals surface area contributed by atoms with Crippen LogP contribution in [0, 0.1) is 5.41 Å². The van der Waals surface area contributed by atoms with E-state index in [1.807, 2.05) is 18.3 Å². The number of anilines is 1. The lowest BCUT2D eigenvalue weighted by Gasteiger charge is -2.13. The predicted molar refractivity (Wildman–Crippen MR) is 75.8 cm³/mol. The van der Waals surface area contributed by atoms with Crippen LogP contribution in [0.5, 0.6) is 0 Å². The number of hydrogen-bond acceptors (Lipinski definition) is 3. The van der Waals surface area contributed by atoms with E-state index in [9.17, 15) is 0 Å². The van der Waals surface area contributed by atoms with Crippen molar-refractivity contribution in [2.45, 2.75) is 32.6 Å². The second kappa shape index (κ2) is 4.53. The zero-order chi connectivity index (χ0) is 12.6. The summed E-state index contributed by atoms with van der Waals surface area (Å²) in [5.74, 6) is 0.726. The van der Waals surface area contributed by atoms with Crippen LogP contribution in [0.25, 0.3) is 5.65 Å². The van der Waals surface area contributed by atoms with E-state index in [4.69, 9.17) is 0 Å². The average molecular weight is 309 g/mol. The Morgan fingerprint density at radius 3 is 3.00 bits per heavy atom. The van der Waals surface area contributed by atoms with E-state index in [0.717, 1.165) is 22.6 Å². The molecule has 0 aromatic carbocycles. The number of pyridine rings is 1. The molecule has 0 radical (unpaired) electrons. The van der Waals surface area contributed by atoms with Crippen molar-refractivity contribution in [3.8, 4) is 0 Å². The molecule has 1 N–H and O–H groups in total. The topological polar surface area (TPSA) is 42.2 Å². The monoisotopic (exact) mass is 308 g/mol. The Kier molecular flexibility index (Phi) is 3.01. The molecule has 0 atom stereocenters. The minimum atomic E-state index is 0.517. The fraction of sp³-hybridized carbons (Fsp3) is 0.538. The molecule has 4 nitrogen and oxygen atoms in total. The first-order valence-corrected chi connectivity index (χ1v) is 7.26. The molecule has 2 heterocycles. The Morgan fingerprint density at radius 2 is 2.33 bits per heavy atom. The standard InChI is InChI=1S/C13H17BrN4/c1-2-5-13(6-7-13)9-15-12-16-11-10(14)4-3-8-18(11)17-12/h3-4,8H,2,5-7,9H2,1H3,(H,15,17). The van der Waals surface area contributed by atoms with Crippen LogP contribution in [0.3, 0.4) is 0 Å². The lowest BCUT2D eigenvalue weighted by Crippen LogP contribution is -2.15. The molecule has 0 saturated heterocycles. The molecule has 0 aliphatic heterocycles. The molecule has 1 saturated carbocycles. The molecule has 0 amide bonds. The number of nitrogens with zero attached hydrogens (tertiary/aromatic N) is 3. The van der Waals surface area contributed by atoms with Crippen LogP contribution in [0.1, 0.15) is 32.6 Å². The molecular weight excluding hydrogens is 292 g/mol. The van der Waals surface area contributed by atoms with Gasteiger partial charge in [-0.3, -0.25) is 0 Å². The third-order valence-electron chi connectivity index (χ3n) is 3.67. The third-order valence-corrected chi connectivity index (χ3v) is 4.29. The lowest BCUT2D eigenvalue weighted by atomic mass is 10.0. The normalized spacial score (nSPS) is 17.0. The molecule has 0 bridgehead atoms. The number of fused-ring (bicyclic) bond motifs is 1. The van der Waals surface area contributed by atoms with Gasteiger partial charge in [-0.2, -0.15) is 4.98 Å². The Labute approximate surface area is 115 Å². The van der Waals surface area contributed by atoms with Gasteiger partial charge in [-0.05, 0) is 52.7 Å². The van der Waals surface area contributed by atoms with Gasteiger partial charge in [-0.15, -0.1) is 5.10 Å².